The molecule has 7 heteroatoms. The summed E-state index contributed by atoms with van der Waals surface area (Å²) in [4.78, 5) is 21.5. The third-order valence-electron chi connectivity index (χ3n) is 2.84. The van der Waals surface area contributed by atoms with Crippen LogP contribution in [0.25, 0.3) is 0 Å². The number of carboxylic acids is 1. The van der Waals surface area contributed by atoms with Crippen LogP contribution in [-0.4, -0.2) is 20.2 Å². The smallest absolute Gasteiger partial charge is 0.335 e. The van der Waals surface area contributed by atoms with Crippen molar-refractivity contribution < 1.29 is 19.0 Å². The molecule has 1 unspecified atom stereocenters. The van der Waals surface area contributed by atoms with Crippen molar-refractivity contribution in [1.82, 2.24) is 0 Å². The molecule has 1 atom stereocenters. The molecule has 1 N–H and O–H groups in total. The van der Waals surface area contributed by atoms with Crippen LogP contribution in [0, 0.1) is 10.1 Å². The molecule has 108 valence electrons. The molecule has 0 aromatic heterocycles. The molecule has 0 heterocycles. The van der Waals surface area contributed by atoms with Crippen molar-refractivity contribution in [3.63, 3.8) is 0 Å². The van der Waals surface area contributed by atoms with Gasteiger partial charge in [-0.2, -0.15) is 0 Å². The highest BCUT2D eigenvalue weighted by molar-refractivity contribution is 7.84. The van der Waals surface area contributed by atoms with E-state index in [-0.39, 0.29) is 17.0 Å². The SMILES string of the molecule is O=C(O)c1ccccc1CS(=O)c1ccc([N+](=O)[O-])cc1. The minimum Gasteiger partial charge on any atom is -0.478 e. The topological polar surface area (TPSA) is 97.5 Å². The lowest BCUT2D eigenvalue weighted by molar-refractivity contribution is -0.384. The normalized spacial score (nSPS) is 11.8. The van der Waals surface area contributed by atoms with Crippen molar-refractivity contribution in [3.8, 4) is 0 Å². The highest BCUT2D eigenvalue weighted by Crippen LogP contribution is 2.19. The zero-order valence-electron chi connectivity index (χ0n) is 10.8. The van der Waals surface area contributed by atoms with Crippen LogP contribution in [0.3, 0.4) is 0 Å². The van der Waals surface area contributed by atoms with E-state index < -0.39 is 21.7 Å². The van der Waals surface area contributed by atoms with E-state index >= 15 is 0 Å². The van der Waals surface area contributed by atoms with Gasteiger partial charge in [0.2, 0.25) is 0 Å². The van der Waals surface area contributed by atoms with Crippen LogP contribution in [0.4, 0.5) is 5.69 Å². The van der Waals surface area contributed by atoms with E-state index in [0.717, 1.165) is 0 Å². The molecule has 0 saturated heterocycles. The summed E-state index contributed by atoms with van der Waals surface area (Å²) in [6.07, 6.45) is 0. The number of nitro benzene ring substituents is 1. The molecule has 6 nitrogen and oxygen atoms in total. The summed E-state index contributed by atoms with van der Waals surface area (Å²) in [7, 11) is -1.47. The average molecular weight is 305 g/mol. The van der Waals surface area contributed by atoms with Gasteiger partial charge in [-0.25, -0.2) is 4.79 Å². The molecule has 0 saturated carbocycles. The highest BCUT2D eigenvalue weighted by Gasteiger charge is 2.14. The Hall–Kier alpha value is -2.54. The molecule has 0 radical (unpaired) electrons. The number of benzene rings is 2. The summed E-state index contributed by atoms with van der Waals surface area (Å²) in [6, 6.07) is 11.7. The number of carboxylic acid groups (broad SMARTS) is 1. The maximum Gasteiger partial charge on any atom is 0.335 e. The van der Waals surface area contributed by atoms with Gasteiger partial charge in [0.25, 0.3) is 5.69 Å². The van der Waals surface area contributed by atoms with Gasteiger partial charge in [-0.05, 0) is 23.8 Å². The van der Waals surface area contributed by atoms with Gasteiger partial charge in [0.1, 0.15) is 0 Å². The summed E-state index contributed by atoms with van der Waals surface area (Å²) in [6.45, 7) is 0. The maximum absolute atomic E-state index is 12.2. The fourth-order valence-electron chi connectivity index (χ4n) is 1.80. The van der Waals surface area contributed by atoms with E-state index in [0.29, 0.717) is 10.5 Å². The van der Waals surface area contributed by atoms with Gasteiger partial charge >= 0.3 is 5.97 Å². The third-order valence-corrected chi connectivity index (χ3v) is 4.22. The first-order chi connectivity index (χ1) is 9.99. The average Bonchev–Trinajstić information content (AvgIpc) is 2.47. The molecule has 0 aliphatic carbocycles. The monoisotopic (exact) mass is 305 g/mol. The lowest BCUT2D eigenvalue weighted by Gasteiger charge is -2.06. The predicted molar refractivity (Wildman–Crippen MR) is 76.6 cm³/mol. The first-order valence-electron chi connectivity index (χ1n) is 5.93. The number of non-ortho nitro benzene ring substituents is 1. The van der Waals surface area contributed by atoms with Crippen molar-refractivity contribution in [1.29, 1.82) is 0 Å². The summed E-state index contributed by atoms with van der Waals surface area (Å²) in [5.41, 5.74) is 0.483. The number of nitro groups is 1. The van der Waals surface area contributed by atoms with Gasteiger partial charge in [-0.15, -0.1) is 0 Å². The molecule has 0 fully saturated rings. The van der Waals surface area contributed by atoms with E-state index in [1.807, 2.05) is 0 Å². The molecule has 0 amide bonds. The maximum atomic E-state index is 12.2. The van der Waals surface area contributed by atoms with Gasteiger partial charge < -0.3 is 5.11 Å². The van der Waals surface area contributed by atoms with E-state index in [2.05, 4.69) is 0 Å². The van der Waals surface area contributed by atoms with Gasteiger partial charge in [0.05, 0.1) is 27.0 Å². The summed E-state index contributed by atoms with van der Waals surface area (Å²) in [5, 5.41) is 19.6. The predicted octanol–water partition coefficient (Wildman–Crippen LogP) is 2.60. The molecule has 0 aliphatic rings. The van der Waals surface area contributed by atoms with Crippen LogP contribution in [0.2, 0.25) is 0 Å². The highest BCUT2D eigenvalue weighted by atomic mass is 32.2. The molecule has 2 aromatic carbocycles. The second-order valence-electron chi connectivity index (χ2n) is 4.20. The lowest BCUT2D eigenvalue weighted by atomic mass is 10.1. The molecular weight excluding hydrogens is 294 g/mol. The summed E-state index contributed by atoms with van der Waals surface area (Å²) < 4.78 is 12.2. The first kappa shape index (κ1) is 14.9. The zero-order valence-corrected chi connectivity index (χ0v) is 11.6. The van der Waals surface area contributed by atoms with Crippen molar-refractivity contribution >= 4 is 22.5 Å². The second-order valence-corrected chi connectivity index (χ2v) is 5.65. The van der Waals surface area contributed by atoms with E-state index in [1.165, 1.54) is 30.3 Å². The van der Waals surface area contributed by atoms with Gasteiger partial charge in [0, 0.05) is 17.0 Å². The molecular formula is C14H11NO5S. The lowest BCUT2D eigenvalue weighted by Crippen LogP contribution is -2.05. The third kappa shape index (κ3) is 3.51. The molecule has 0 bridgehead atoms. The van der Waals surface area contributed by atoms with Crippen LogP contribution in [0.1, 0.15) is 15.9 Å². The Labute approximate surface area is 122 Å². The summed E-state index contributed by atoms with van der Waals surface area (Å²) >= 11 is 0. The number of carbonyl (C=O) groups is 1. The van der Waals surface area contributed by atoms with Crippen LogP contribution in [-0.2, 0) is 16.6 Å². The van der Waals surface area contributed by atoms with Crippen LogP contribution < -0.4 is 0 Å². The van der Waals surface area contributed by atoms with E-state index in [1.54, 1.807) is 18.2 Å². The second kappa shape index (κ2) is 6.27. The fraction of sp³-hybridized carbons (Fsp3) is 0.0714. The van der Waals surface area contributed by atoms with Crippen molar-refractivity contribution in [2.24, 2.45) is 0 Å². The van der Waals surface area contributed by atoms with E-state index in [9.17, 15) is 19.1 Å². The minimum atomic E-state index is -1.47. The van der Waals surface area contributed by atoms with Crippen LogP contribution >= 0.6 is 0 Å². The van der Waals surface area contributed by atoms with Crippen molar-refractivity contribution in [3.05, 3.63) is 69.8 Å². The molecule has 0 aliphatic heterocycles. The Morgan fingerprint density at radius 1 is 1.14 bits per heavy atom. The van der Waals surface area contributed by atoms with Crippen molar-refractivity contribution in [2.45, 2.75) is 10.6 Å². The Morgan fingerprint density at radius 3 is 2.33 bits per heavy atom. The zero-order chi connectivity index (χ0) is 15.4. The standard InChI is InChI=1S/C14H11NO5S/c16-14(17)13-4-2-1-3-10(13)9-21(20)12-7-5-11(6-8-12)15(18)19/h1-8H,9H2,(H,16,17). The number of hydrogen-bond donors (Lipinski definition) is 1. The fourth-order valence-corrected chi connectivity index (χ4v) is 2.94. The van der Waals surface area contributed by atoms with Crippen molar-refractivity contribution in [2.75, 3.05) is 0 Å². The minimum absolute atomic E-state index is 0.0419. The Morgan fingerprint density at radius 2 is 1.76 bits per heavy atom. The quantitative estimate of drug-likeness (QED) is 0.676. The molecule has 2 aromatic rings. The van der Waals surface area contributed by atoms with Gasteiger partial charge in [0.15, 0.2) is 0 Å². The van der Waals surface area contributed by atoms with Crippen LogP contribution in [0.5, 0.6) is 0 Å². The Kier molecular flexibility index (Phi) is 4.44. The van der Waals surface area contributed by atoms with Gasteiger partial charge in [-0.1, -0.05) is 18.2 Å². The molecule has 21 heavy (non-hydrogen) atoms. The number of hydrogen-bond acceptors (Lipinski definition) is 4. The number of rotatable bonds is 5. The molecule has 0 spiro atoms. The van der Waals surface area contributed by atoms with E-state index in [4.69, 9.17) is 5.11 Å². The largest absolute Gasteiger partial charge is 0.478 e. The Bertz CT molecular complexity index is 712. The summed E-state index contributed by atoms with van der Waals surface area (Å²) in [5.74, 6) is -1.04. The number of aromatic carboxylic acids is 1. The Balaban J connectivity index is 2.22. The molecule has 2 rings (SSSR count). The number of nitrogens with zero attached hydrogens (tertiary/aromatic N) is 1. The van der Waals surface area contributed by atoms with Crippen LogP contribution in [0.15, 0.2) is 53.4 Å². The van der Waals surface area contributed by atoms with Gasteiger partial charge in [-0.3, -0.25) is 14.3 Å². The first-order valence-corrected chi connectivity index (χ1v) is 7.25.